The standard InChI is InChI=1S/C15H13N3O7/c1-24-13(19)10-11(8-2-4-9(5-3-8)18(22)23)16-15(21)17-6-7-25-14(20)12(10)17/h2-5,11H,6-7H2,1H3,(H,16,21)/t11-/m1/s1. The largest absolute Gasteiger partial charge is 0.466 e. The Morgan fingerprint density at radius 1 is 1.36 bits per heavy atom. The molecule has 0 aromatic heterocycles. The molecule has 1 atom stereocenters. The van der Waals surface area contributed by atoms with Gasteiger partial charge in [-0.25, -0.2) is 14.4 Å². The van der Waals surface area contributed by atoms with Gasteiger partial charge < -0.3 is 14.8 Å². The van der Waals surface area contributed by atoms with Crippen LogP contribution >= 0.6 is 0 Å². The number of morpholine rings is 1. The molecule has 3 rings (SSSR count). The Kier molecular flexibility index (Phi) is 4.09. The summed E-state index contributed by atoms with van der Waals surface area (Å²) < 4.78 is 9.68. The van der Waals surface area contributed by atoms with Crippen LogP contribution in [0.5, 0.6) is 0 Å². The van der Waals surface area contributed by atoms with Crippen LogP contribution in [0.25, 0.3) is 0 Å². The first kappa shape index (κ1) is 16.4. The molecule has 1 saturated heterocycles. The number of non-ortho nitro benzene ring substituents is 1. The summed E-state index contributed by atoms with van der Waals surface area (Å²) in [6, 6.07) is 3.73. The van der Waals surface area contributed by atoms with Crippen LogP contribution in [-0.4, -0.2) is 48.1 Å². The molecule has 0 bridgehead atoms. The van der Waals surface area contributed by atoms with Crippen molar-refractivity contribution in [3.8, 4) is 0 Å². The lowest BCUT2D eigenvalue weighted by Crippen LogP contribution is -2.53. The van der Waals surface area contributed by atoms with Gasteiger partial charge in [0, 0.05) is 12.1 Å². The second-order valence-electron chi connectivity index (χ2n) is 5.27. The number of esters is 2. The molecule has 1 aromatic carbocycles. The van der Waals surface area contributed by atoms with Gasteiger partial charge in [-0.2, -0.15) is 0 Å². The van der Waals surface area contributed by atoms with Crippen LogP contribution in [0.4, 0.5) is 10.5 Å². The normalized spacial score (nSPS) is 19.7. The van der Waals surface area contributed by atoms with Crippen LogP contribution in [0.3, 0.4) is 0 Å². The van der Waals surface area contributed by atoms with Gasteiger partial charge in [0.1, 0.15) is 12.3 Å². The molecular weight excluding hydrogens is 334 g/mol. The van der Waals surface area contributed by atoms with E-state index in [1.807, 2.05) is 0 Å². The lowest BCUT2D eigenvalue weighted by Gasteiger charge is -2.37. The summed E-state index contributed by atoms with van der Waals surface area (Å²) in [4.78, 5) is 48.0. The number of ether oxygens (including phenoxy) is 2. The first-order chi connectivity index (χ1) is 11.9. The maximum atomic E-state index is 12.3. The van der Waals surface area contributed by atoms with Gasteiger partial charge in [-0.1, -0.05) is 0 Å². The number of carbonyl (C=O) groups is 3. The summed E-state index contributed by atoms with van der Waals surface area (Å²) in [6.45, 7) is 0.132. The number of carbonyl (C=O) groups excluding carboxylic acids is 3. The summed E-state index contributed by atoms with van der Waals surface area (Å²) in [7, 11) is 1.15. The summed E-state index contributed by atoms with van der Waals surface area (Å²) in [6.07, 6.45) is 0. The number of urea groups is 1. The number of nitro groups is 1. The lowest BCUT2D eigenvalue weighted by atomic mass is 9.94. The number of amides is 2. The zero-order valence-corrected chi connectivity index (χ0v) is 13.1. The Morgan fingerprint density at radius 3 is 2.64 bits per heavy atom. The average Bonchev–Trinajstić information content (AvgIpc) is 2.61. The molecule has 130 valence electrons. The molecular formula is C15H13N3O7. The molecule has 0 saturated carbocycles. The van der Waals surface area contributed by atoms with E-state index in [4.69, 9.17) is 9.47 Å². The van der Waals surface area contributed by atoms with Crippen molar-refractivity contribution in [2.75, 3.05) is 20.3 Å². The topological polar surface area (TPSA) is 128 Å². The van der Waals surface area contributed by atoms with Crippen LogP contribution in [-0.2, 0) is 19.1 Å². The number of nitrogens with zero attached hydrogens (tertiary/aromatic N) is 2. The smallest absolute Gasteiger partial charge is 0.355 e. The third-order valence-corrected chi connectivity index (χ3v) is 3.91. The Balaban J connectivity index is 2.12. The quantitative estimate of drug-likeness (QED) is 0.483. The van der Waals surface area contributed by atoms with Crippen molar-refractivity contribution in [1.29, 1.82) is 0 Å². The highest BCUT2D eigenvalue weighted by Gasteiger charge is 2.43. The van der Waals surface area contributed by atoms with Crippen molar-refractivity contribution in [2.24, 2.45) is 0 Å². The zero-order valence-electron chi connectivity index (χ0n) is 13.1. The van der Waals surface area contributed by atoms with Crippen LogP contribution in [0.2, 0.25) is 0 Å². The number of hydrogen-bond acceptors (Lipinski definition) is 7. The van der Waals surface area contributed by atoms with E-state index in [9.17, 15) is 24.5 Å². The second kappa shape index (κ2) is 6.23. The van der Waals surface area contributed by atoms with Crippen molar-refractivity contribution >= 4 is 23.7 Å². The van der Waals surface area contributed by atoms with Crippen molar-refractivity contribution in [2.45, 2.75) is 6.04 Å². The number of cyclic esters (lactones) is 1. The van der Waals surface area contributed by atoms with E-state index in [0.29, 0.717) is 5.56 Å². The molecule has 2 heterocycles. The average molecular weight is 347 g/mol. The monoisotopic (exact) mass is 347 g/mol. The van der Waals surface area contributed by atoms with Crippen LogP contribution in [0.1, 0.15) is 11.6 Å². The fourth-order valence-electron chi connectivity index (χ4n) is 2.75. The molecule has 0 unspecified atom stereocenters. The lowest BCUT2D eigenvalue weighted by molar-refractivity contribution is -0.384. The van der Waals surface area contributed by atoms with Crippen LogP contribution in [0, 0.1) is 10.1 Å². The first-order valence-corrected chi connectivity index (χ1v) is 7.26. The third kappa shape index (κ3) is 2.77. The number of methoxy groups -OCH3 is 1. The van der Waals surface area contributed by atoms with Crippen LogP contribution < -0.4 is 5.32 Å². The van der Waals surface area contributed by atoms with Gasteiger partial charge in [0.15, 0.2) is 0 Å². The van der Waals surface area contributed by atoms with E-state index in [0.717, 1.165) is 12.0 Å². The van der Waals surface area contributed by atoms with Crippen molar-refractivity contribution < 1.29 is 28.8 Å². The van der Waals surface area contributed by atoms with Gasteiger partial charge in [-0.15, -0.1) is 0 Å². The second-order valence-corrected chi connectivity index (χ2v) is 5.27. The van der Waals surface area contributed by atoms with E-state index in [1.54, 1.807) is 0 Å². The van der Waals surface area contributed by atoms with E-state index >= 15 is 0 Å². The maximum Gasteiger partial charge on any atom is 0.355 e. The van der Waals surface area contributed by atoms with E-state index in [1.165, 1.54) is 24.3 Å². The van der Waals surface area contributed by atoms with Gasteiger partial charge in [-0.3, -0.25) is 15.0 Å². The predicted octanol–water partition coefficient (Wildman–Crippen LogP) is 0.645. The highest BCUT2D eigenvalue weighted by Crippen LogP contribution is 2.33. The van der Waals surface area contributed by atoms with E-state index < -0.39 is 28.9 Å². The summed E-state index contributed by atoms with van der Waals surface area (Å²) in [5.74, 6) is -1.60. The summed E-state index contributed by atoms with van der Waals surface area (Å²) in [5, 5.41) is 13.4. The fourth-order valence-corrected chi connectivity index (χ4v) is 2.75. The van der Waals surface area contributed by atoms with Gasteiger partial charge in [0.2, 0.25) is 0 Å². The number of rotatable bonds is 3. The molecule has 0 spiro atoms. The highest BCUT2D eigenvalue weighted by atomic mass is 16.6. The minimum atomic E-state index is -0.988. The molecule has 0 aliphatic carbocycles. The van der Waals surface area contributed by atoms with Gasteiger partial charge in [0.05, 0.1) is 30.2 Å². The SMILES string of the molecule is COC(=O)C1=C2C(=O)OCCN2C(=O)N[C@@H]1c1ccc([N+](=O)[O-])cc1. The molecule has 2 aliphatic rings. The summed E-state index contributed by atoms with van der Waals surface area (Å²) >= 11 is 0. The number of benzene rings is 1. The minimum Gasteiger partial charge on any atom is -0.466 e. The Morgan fingerprint density at radius 2 is 2.04 bits per heavy atom. The highest BCUT2D eigenvalue weighted by molar-refractivity contribution is 6.06. The first-order valence-electron chi connectivity index (χ1n) is 7.26. The molecule has 2 aliphatic heterocycles. The Bertz CT molecular complexity index is 800. The van der Waals surface area contributed by atoms with Gasteiger partial charge >= 0.3 is 18.0 Å². The summed E-state index contributed by atoms with van der Waals surface area (Å²) in [5.41, 5.74) is -0.00686. The molecule has 1 aromatic rings. The molecule has 2 amide bonds. The fraction of sp³-hybridized carbons (Fsp3) is 0.267. The maximum absolute atomic E-state index is 12.3. The molecule has 25 heavy (non-hydrogen) atoms. The molecule has 1 N–H and O–H groups in total. The number of nitrogens with one attached hydrogen (secondary N) is 1. The van der Waals surface area contributed by atoms with Crippen LogP contribution in [0.15, 0.2) is 35.5 Å². The number of nitro benzene ring substituents is 1. The Labute approximate surface area is 141 Å². The van der Waals surface area contributed by atoms with Crippen molar-refractivity contribution in [1.82, 2.24) is 10.2 Å². The van der Waals surface area contributed by atoms with Crippen molar-refractivity contribution in [3.05, 3.63) is 51.2 Å². The number of hydrogen-bond donors (Lipinski definition) is 1. The van der Waals surface area contributed by atoms with Gasteiger partial charge in [0.25, 0.3) is 5.69 Å². The number of fused-ring (bicyclic) bond motifs is 1. The van der Waals surface area contributed by atoms with E-state index in [2.05, 4.69) is 5.32 Å². The Hall–Kier alpha value is -3.43. The van der Waals surface area contributed by atoms with Crippen molar-refractivity contribution in [3.63, 3.8) is 0 Å². The third-order valence-electron chi connectivity index (χ3n) is 3.91. The minimum absolute atomic E-state index is 0.0202. The molecule has 10 heteroatoms. The van der Waals surface area contributed by atoms with Gasteiger partial charge in [-0.05, 0) is 17.7 Å². The molecule has 1 fully saturated rings. The molecule has 0 radical (unpaired) electrons. The zero-order chi connectivity index (χ0) is 18.1. The predicted molar refractivity (Wildman–Crippen MR) is 81.1 cm³/mol. The van der Waals surface area contributed by atoms with E-state index in [-0.39, 0.29) is 30.1 Å². The molecule has 10 nitrogen and oxygen atoms in total.